The van der Waals surface area contributed by atoms with Gasteiger partial charge in [-0.1, -0.05) is 30.3 Å². The third-order valence-corrected chi connectivity index (χ3v) is 6.44. The van der Waals surface area contributed by atoms with Gasteiger partial charge in [0.2, 0.25) is 0 Å². The van der Waals surface area contributed by atoms with Crippen LogP contribution in [-0.2, 0) is 0 Å². The Morgan fingerprint density at radius 1 is 1.19 bits per heavy atom. The summed E-state index contributed by atoms with van der Waals surface area (Å²) in [6, 6.07) is 12.6. The number of amides is 1. The third kappa shape index (κ3) is 3.49. The van der Waals surface area contributed by atoms with Crippen LogP contribution < -0.4 is 10.1 Å². The molecule has 0 bridgehead atoms. The lowest BCUT2D eigenvalue weighted by molar-refractivity contribution is 0.0775. The lowest BCUT2D eigenvalue weighted by atomic mass is 10.2. The molecule has 1 aromatic heterocycles. The Hall–Kier alpha value is -1.89. The maximum Gasteiger partial charge on any atom is 0.267 e. The Bertz CT molecular complexity index is 756. The fourth-order valence-electron chi connectivity index (χ4n) is 3.83. The van der Waals surface area contributed by atoms with Crippen LogP contribution in [0.4, 0.5) is 0 Å². The van der Waals surface area contributed by atoms with Gasteiger partial charge in [-0.2, -0.15) is 0 Å². The third-order valence-electron chi connectivity index (χ3n) is 5.29. The van der Waals surface area contributed by atoms with Crippen LogP contribution in [0.2, 0.25) is 0 Å². The zero-order valence-electron chi connectivity index (χ0n) is 15.1. The molecule has 0 radical (unpaired) electrons. The first-order valence-electron chi connectivity index (χ1n) is 9.23. The van der Waals surface area contributed by atoms with Crippen molar-refractivity contribution in [2.75, 3.05) is 46.4 Å². The van der Waals surface area contributed by atoms with Crippen molar-refractivity contribution in [1.29, 1.82) is 0 Å². The Balaban J connectivity index is 1.50. The van der Waals surface area contributed by atoms with Gasteiger partial charge in [0.25, 0.3) is 5.91 Å². The molecular formula is C20H25N3O2S. The first-order valence-corrected chi connectivity index (χ1v) is 10.0. The first kappa shape index (κ1) is 17.5. The van der Waals surface area contributed by atoms with Gasteiger partial charge in [0, 0.05) is 50.2 Å². The number of hydrogen-bond acceptors (Lipinski definition) is 5. The number of nitrogens with zero attached hydrogens (tertiary/aromatic N) is 2. The van der Waals surface area contributed by atoms with E-state index in [1.807, 2.05) is 29.2 Å². The Kier molecular flexibility index (Phi) is 5.24. The Morgan fingerprint density at radius 3 is 2.69 bits per heavy atom. The predicted octanol–water partition coefficient (Wildman–Crippen LogP) is 2.54. The molecule has 2 aliphatic rings. The van der Waals surface area contributed by atoms with E-state index in [0.29, 0.717) is 16.7 Å². The fourth-order valence-corrected chi connectivity index (χ4v) is 4.93. The van der Waals surface area contributed by atoms with Gasteiger partial charge in [0.05, 0.1) is 7.11 Å². The zero-order chi connectivity index (χ0) is 17.9. The molecule has 2 saturated heterocycles. The predicted molar refractivity (Wildman–Crippen MR) is 105 cm³/mol. The van der Waals surface area contributed by atoms with Gasteiger partial charge < -0.3 is 15.0 Å². The van der Waals surface area contributed by atoms with E-state index in [1.54, 1.807) is 7.11 Å². The summed E-state index contributed by atoms with van der Waals surface area (Å²) in [4.78, 5) is 19.4. The summed E-state index contributed by atoms with van der Waals surface area (Å²) in [5.41, 5.74) is 1.12. The minimum absolute atomic E-state index is 0.103. The van der Waals surface area contributed by atoms with Gasteiger partial charge in [-0.3, -0.25) is 9.69 Å². The standard InChI is InChI=1S/C20H25N3O2S/c1-25-17-13-18(15-5-3-2-4-6-15)26-19(17)20(24)23-10-7-16(14-23)22-11-8-21-9-12-22/h2-6,13,16,21H,7-12,14H2,1H3. The maximum absolute atomic E-state index is 13.1. The molecule has 1 atom stereocenters. The van der Waals surface area contributed by atoms with E-state index in [0.717, 1.165) is 56.1 Å². The molecule has 1 amide bonds. The largest absolute Gasteiger partial charge is 0.495 e. The van der Waals surface area contributed by atoms with Crippen molar-refractivity contribution < 1.29 is 9.53 Å². The number of carbonyl (C=O) groups excluding carboxylic acids is 1. The highest BCUT2D eigenvalue weighted by molar-refractivity contribution is 7.17. The number of piperazine rings is 1. The van der Waals surface area contributed by atoms with Crippen molar-refractivity contribution in [2.45, 2.75) is 12.5 Å². The van der Waals surface area contributed by atoms with Crippen molar-refractivity contribution in [2.24, 2.45) is 0 Å². The molecular weight excluding hydrogens is 346 g/mol. The van der Waals surface area contributed by atoms with Gasteiger partial charge >= 0.3 is 0 Å². The zero-order valence-corrected chi connectivity index (χ0v) is 15.9. The van der Waals surface area contributed by atoms with E-state index < -0.39 is 0 Å². The molecule has 0 aliphatic carbocycles. The Labute approximate surface area is 158 Å². The van der Waals surface area contributed by atoms with Crippen LogP contribution >= 0.6 is 11.3 Å². The van der Waals surface area contributed by atoms with E-state index in [-0.39, 0.29) is 5.91 Å². The van der Waals surface area contributed by atoms with Crippen LogP contribution in [-0.4, -0.2) is 68.1 Å². The minimum atomic E-state index is 0.103. The molecule has 6 heteroatoms. The molecule has 0 spiro atoms. The fraction of sp³-hybridized carbons (Fsp3) is 0.450. The summed E-state index contributed by atoms with van der Waals surface area (Å²) in [5.74, 6) is 0.788. The van der Waals surface area contributed by atoms with E-state index in [1.165, 1.54) is 11.3 Å². The molecule has 2 aromatic rings. The van der Waals surface area contributed by atoms with Gasteiger partial charge in [0.15, 0.2) is 0 Å². The second-order valence-electron chi connectivity index (χ2n) is 6.85. The number of ether oxygens (including phenoxy) is 1. The summed E-state index contributed by atoms with van der Waals surface area (Å²) >= 11 is 1.53. The number of hydrogen-bond donors (Lipinski definition) is 1. The number of rotatable bonds is 4. The second-order valence-corrected chi connectivity index (χ2v) is 7.91. The van der Waals surface area contributed by atoms with Crippen LogP contribution in [0, 0.1) is 0 Å². The summed E-state index contributed by atoms with van der Waals surface area (Å²) in [7, 11) is 1.64. The summed E-state index contributed by atoms with van der Waals surface area (Å²) in [6.45, 7) is 5.89. The SMILES string of the molecule is COc1cc(-c2ccccc2)sc1C(=O)N1CCC(N2CCNCC2)C1. The smallest absolute Gasteiger partial charge is 0.267 e. The van der Waals surface area contributed by atoms with Crippen molar-refractivity contribution in [3.63, 3.8) is 0 Å². The molecule has 4 rings (SSSR count). The van der Waals surface area contributed by atoms with Crippen LogP contribution in [0.25, 0.3) is 10.4 Å². The highest BCUT2D eigenvalue weighted by atomic mass is 32.1. The number of likely N-dealkylation sites (tertiary alicyclic amines) is 1. The highest BCUT2D eigenvalue weighted by Gasteiger charge is 2.33. The van der Waals surface area contributed by atoms with Gasteiger partial charge in [-0.05, 0) is 18.1 Å². The second kappa shape index (κ2) is 7.78. The summed E-state index contributed by atoms with van der Waals surface area (Å²) in [5, 5.41) is 3.39. The number of thiophene rings is 1. The lowest BCUT2D eigenvalue weighted by Gasteiger charge is -2.32. The van der Waals surface area contributed by atoms with Crippen LogP contribution in [0.1, 0.15) is 16.1 Å². The summed E-state index contributed by atoms with van der Waals surface area (Å²) in [6.07, 6.45) is 1.06. The molecule has 0 saturated carbocycles. The average molecular weight is 372 g/mol. The summed E-state index contributed by atoms with van der Waals surface area (Å²) < 4.78 is 5.52. The van der Waals surface area contributed by atoms with Crippen LogP contribution in [0.5, 0.6) is 5.75 Å². The van der Waals surface area contributed by atoms with Crippen LogP contribution in [0.15, 0.2) is 36.4 Å². The number of methoxy groups -OCH3 is 1. The Morgan fingerprint density at radius 2 is 1.96 bits per heavy atom. The molecule has 1 N–H and O–H groups in total. The topological polar surface area (TPSA) is 44.8 Å². The first-order chi connectivity index (χ1) is 12.8. The average Bonchev–Trinajstić information content (AvgIpc) is 3.36. The molecule has 1 aromatic carbocycles. The maximum atomic E-state index is 13.1. The van der Waals surface area contributed by atoms with E-state index in [2.05, 4.69) is 22.3 Å². The number of carbonyl (C=O) groups is 1. The number of benzene rings is 1. The van der Waals surface area contributed by atoms with Crippen LogP contribution in [0.3, 0.4) is 0 Å². The molecule has 2 fully saturated rings. The normalized spacial score (nSPS) is 21.1. The monoisotopic (exact) mass is 371 g/mol. The number of nitrogens with one attached hydrogen (secondary N) is 1. The molecule has 2 aliphatic heterocycles. The minimum Gasteiger partial charge on any atom is -0.495 e. The van der Waals surface area contributed by atoms with Gasteiger partial charge in [0.1, 0.15) is 10.6 Å². The molecule has 3 heterocycles. The molecule has 1 unspecified atom stereocenters. The quantitative estimate of drug-likeness (QED) is 0.897. The molecule has 138 valence electrons. The van der Waals surface area contributed by atoms with Gasteiger partial charge in [-0.15, -0.1) is 11.3 Å². The van der Waals surface area contributed by atoms with Gasteiger partial charge in [-0.25, -0.2) is 0 Å². The lowest BCUT2D eigenvalue weighted by Crippen LogP contribution is -2.49. The van der Waals surface area contributed by atoms with E-state index in [9.17, 15) is 4.79 Å². The van der Waals surface area contributed by atoms with E-state index >= 15 is 0 Å². The van der Waals surface area contributed by atoms with Crippen molar-refractivity contribution in [1.82, 2.24) is 15.1 Å². The molecule has 5 nitrogen and oxygen atoms in total. The van der Waals surface area contributed by atoms with E-state index in [4.69, 9.17) is 4.74 Å². The van der Waals surface area contributed by atoms with Crippen molar-refractivity contribution >= 4 is 17.2 Å². The molecule has 26 heavy (non-hydrogen) atoms. The van der Waals surface area contributed by atoms with Crippen molar-refractivity contribution in [3.05, 3.63) is 41.3 Å². The van der Waals surface area contributed by atoms with Crippen molar-refractivity contribution in [3.8, 4) is 16.2 Å². The highest BCUT2D eigenvalue weighted by Crippen LogP contribution is 2.37.